The molecule has 5 nitrogen and oxygen atoms in total. The minimum absolute atomic E-state index is 0.139. The van der Waals surface area contributed by atoms with Crippen molar-refractivity contribution in [3.63, 3.8) is 0 Å². The fourth-order valence-corrected chi connectivity index (χ4v) is 1.92. The molecule has 0 fully saturated rings. The molecule has 0 aliphatic heterocycles. The summed E-state index contributed by atoms with van der Waals surface area (Å²) in [6.45, 7) is 4.18. The van der Waals surface area contributed by atoms with E-state index in [-0.39, 0.29) is 6.61 Å². The standard InChI is InChI=1S/C16H23NO4/c1-12(2)9-10-14(15(18)19)17(3)16(20)21-11-13-7-5-4-6-8-13/h4-8,12,14H,9-11H2,1-3H3,(H,18,19). The van der Waals surface area contributed by atoms with Gasteiger partial charge in [0, 0.05) is 7.05 Å². The Hall–Kier alpha value is -2.04. The molecule has 21 heavy (non-hydrogen) atoms. The lowest BCUT2D eigenvalue weighted by Crippen LogP contribution is -2.42. The molecule has 5 heteroatoms. The molecule has 1 rings (SSSR count). The lowest BCUT2D eigenvalue weighted by molar-refractivity contribution is -0.142. The summed E-state index contributed by atoms with van der Waals surface area (Å²) in [5.41, 5.74) is 0.869. The highest BCUT2D eigenvalue weighted by atomic mass is 16.6. The van der Waals surface area contributed by atoms with Crippen LogP contribution in [0.3, 0.4) is 0 Å². The number of carbonyl (C=O) groups is 2. The summed E-state index contributed by atoms with van der Waals surface area (Å²) in [6.07, 6.45) is 0.548. The van der Waals surface area contributed by atoms with Gasteiger partial charge in [-0.15, -0.1) is 0 Å². The van der Waals surface area contributed by atoms with E-state index < -0.39 is 18.1 Å². The zero-order chi connectivity index (χ0) is 15.8. The van der Waals surface area contributed by atoms with E-state index in [9.17, 15) is 14.7 Å². The minimum Gasteiger partial charge on any atom is -0.480 e. The van der Waals surface area contributed by atoms with Crippen molar-refractivity contribution in [2.75, 3.05) is 7.05 Å². The van der Waals surface area contributed by atoms with E-state index in [4.69, 9.17) is 4.74 Å². The van der Waals surface area contributed by atoms with E-state index in [0.717, 1.165) is 16.9 Å². The number of benzene rings is 1. The number of amides is 1. The third-order valence-electron chi connectivity index (χ3n) is 3.26. The number of carbonyl (C=O) groups excluding carboxylic acids is 1. The Morgan fingerprint density at radius 2 is 1.81 bits per heavy atom. The average molecular weight is 293 g/mol. The van der Waals surface area contributed by atoms with E-state index in [1.54, 1.807) is 0 Å². The molecule has 0 spiro atoms. The van der Waals surface area contributed by atoms with Crippen molar-refractivity contribution in [1.82, 2.24) is 4.90 Å². The first-order valence-corrected chi connectivity index (χ1v) is 7.08. The Balaban J connectivity index is 2.55. The highest BCUT2D eigenvalue weighted by molar-refractivity contribution is 5.79. The summed E-state index contributed by atoms with van der Waals surface area (Å²) in [5, 5.41) is 9.24. The molecule has 1 aromatic carbocycles. The first-order chi connectivity index (χ1) is 9.91. The van der Waals surface area contributed by atoms with Gasteiger partial charge in [-0.2, -0.15) is 0 Å². The van der Waals surface area contributed by atoms with E-state index >= 15 is 0 Å². The van der Waals surface area contributed by atoms with Gasteiger partial charge in [-0.3, -0.25) is 4.90 Å². The molecule has 0 aromatic heterocycles. The maximum atomic E-state index is 11.9. The fraction of sp³-hybridized carbons (Fsp3) is 0.500. The molecule has 1 unspecified atom stereocenters. The molecule has 0 saturated heterocycles. The van der Waals surface area contributed by atoms with Crippen LogP contribution in [0.1, 0.15) is 32.3 Å². The normalized spacial score (nSPS) is 12.0. The molecule has 0 aliphatic carbocycles. The maximum Gasteiger partial charge on any atom is 0.410 e. The predicted molar refractivity (Wildman–Crippen MR) is 79.9 cm³/mol. The van der Waals surface area contributed by atoms with Gasteiger partial charge in [0.15, 0.2) is 0 Å². The summed E-state index contributed by atoms with van der Waals surface area (Å²) >= 11 is 0. The molecule has 1 N–H and O–H groups in total. The summed E-state index contributed by atoms with van der Waals surface area (Å²) in [4.78, 5) is 24.4. The molecule has 1 amide bonds. The van der Waals surface area contributed by atoms with Crippen LogP contribution in [0.15, 0.2) is 30.3 Å². The molecule has 0 saturated carbocycles. The van der Waals surface area contributed by atoms with Gasteiger partial charge < -0.3 is 9.84 Å². The molecular weight excluding hydrogens is 270 g/mol. The quantitative estimate of drug-likeness (QED) is 0.838. The fourth-order valence-electron chi connectivity index (χ4n) is 1.92. The zero-order valence-electron chi connectivity index (χ0n) is 12.8. The molecule has 1 aromatic rings. The Morgan fingerprint density at radius 1 is 1.19 bits per heavy atom. The van der Waals surface area contributed by atoms with Crippen LogP contribution in [-0.4, -0.2) is 35.2 Å². The van der Waals surface area contributed by atoms with Gasteiger partial charge in [0.1, 0.15) is 12.6 Å². The van der Waals surface area contributed by atoms with Gasteiger partial charge in [-0.05, 0) is 24.3 Å². The van der Waals surface area contributed by atoms with Gasteiger partial charge in [-0.25, -0.2) is 9.59 Å². The summed E-state index contributed by atoms with van der Waals surface area (Å²) in [5.74, 6) is -0.615. The largest absolute Gasteiger partial charge is 0.480 e. The van der Waals surface area contributed by atoms with E-state index in [1.807, 2.05) is 44.2 Å². The van der Waals surface area contributed by atoms with Gasteiger partial charge in [0.05, 0.1) is 0 Å². The van der Waals surface area contributed by atoms with Crippen LogP contribution in [0.2, 0.25) is 0 Å². The van der Waals surface area contributed by atoms with Crippen LogP contribution in [0.25, 0.3) is 0 Å². The van der Waals surface area contributed by atoms with Crippen LogP contribution >= 0.6 is 0 Å². The van der Waals surface area contributed by atoms with Gasteiger partial charge >= 0.3 is 12.1 Å². The van der Waals surface area contributed by atoms with Crippen LogP contribution in [0, 0.1) is 5.92 Å². The van der Waals surface area contributed by atoms with Crippen LogP contribution in [-0.2, 0) is 16.1 Å². The SMILES string of the molecule is CC(C)CCC(C(=O)O)N(C)C(=O)OCc1ccccc1. The van der Waals surface area contributed by atoms with Crippen molar-refractivity contribution in [1.29, 1.82) is 0 Å². The maximum absolute atomic E-state index is 11.9. The van der Waals surface area contributed by atoms with Crippen molar-refractivity contribution in [3.05, 3.63) is 35.9 Å². The minimum atomic E-state index is -1.00. The Kier molecular flexibility index (Phi) is 6.72. The van der Waals surface area contributed by atoms with E-state index in [1.165, 1.54) is 7.05 Å². The van der Waals surface area contributed by atoms with Crippen LogP contribution in [0.4, 0.5) is 4.79 Å². The molecule has 0 bridgehead atoms. The van der Waals surface area contributed by atoms with Crippen molar-refractivity contribution >= 4 is 12.1 Å². The third kappa shape index (κ3) is 5.85. The van der Waals surface area contributed by atoms with Crippen molar-refractivity contribution in [2.45, 2.75) is 39.3 Å². The number of hydrogen-bond acceptors (Lipinski definition) is 3. The van der Waals surface area contributed by atoms with Crippen LogP contribution < -0.4 is 0 Å². The molecule has 0 heterocycles. The molecule has 0 aliphatic rings. The summed E-state index contributed by atoms with van der Waals surface area (Å²) in [6, 6.07) is 8.44. The van der Waals surface area contributed by atoms with Gasteiger partial charge in [0.2, 0.25) is 0 Å². The first kappa shape index (κ1) is 17.0. The molecule has 0 radical (unpaired) electrons. The van der Waals surface area contributed by atoms with Crippen molar-refractivity contribution in [2.24, 2.45) is 5.92 Å². The van der Waals surface area contributed by atoms with Crippen molar-refractivity contribution < 1.29 is 19.4 Å². The lowest BCUT2D eigenvalue weighted by Gasteiger charge is -2.24. The number of hydrogen-bond donors (Lipinski definition) is 1. The first-order valence-electron chi connectivity index (χ1n) is 7.08. The second-order valence-electron chi connectivity index (χ2n) is 5.48. The average Bonchev–Trinajstić information content (AvgIpc) is 2.45. The lowest BCUT2D eigenvalue weighted by atomic mass is 10.0. The monoisotopic (exact) mass is 293 g/mol. The topological polar surface area (TPSA) is 66.8 Å². The number of carboxylic acids is 1. The van der Waals surface area contributed by atoms with Crippen LogP contribution in [0.5, 0.6) is 0 Å². The van der Waals surface area contributed by atoms with Gasteiger partial charge in [0.25, 0.3) is 0 Å². The number of aliphatic carboxylic acids is 1. The molecule has 1 atom stereocenters. The second-order valence-corrected chi connectivity index (χ2v) is 5.48. The van der Waals surface area contributed by atoms with Gasteiger partial charge in [-0.1, -0.05) is 44.2 Å². The van der Waals surface area contributed by atoms with Crippen molar-refractivity contribution in [3.8, 4) is 0 Å². The third-order valence-corrected chi connectivity index (χ3v) is 3.26. The second kappa shape index (κ2) is 8.29. The smallest absolute Gasteiger partial charge is 0.410 e. The number of rotatable bonds is 7. The number of carboxylic acid groups (broad SMARTS) is 1. The highest BCUT2D eigenvalue weighted by Crippen LogP contribution is 2.13. The Bertz CT molecular complexity index is 459. The summed E-state index contributed by atoms with van der Waals surface area (Å²) < 4.78 is 5.15. The Morgan fingerprint density at radius 3 is 2.33 bits per heavy atom. The number of nitrogens with zero attached hydrogens (tertiary/aromatic N) is 1. The highest BCUT2D eigenvalue weighted by Gasteiger charge is 2.27. The number of ether oxygens (including phenoxy) is 1. The summed E-state index contributed by atoms with van der Waals surface area (Å²) in [7, 11) is 1.46. The predicted octanol–water partition coefficient (Wildman–Crippen LogP) is 3.14. The zero-order valence-corrected chi connectivity index (χ0v) is 12.8. The molecule has 116 valence electrons. The Labute approximate surface area is 125 Å². The van der Waals surface area contributed by atoms with E-state index in [2.05, 4.69) is 0 Å². The number of likely N-dealkylation sites (N-methyl/N-ethyl adjacent to an activating group) is 1. The van der Waals surface area contributed by atoms with E-state index in [0.29, 0.717) is 12.3 Å². The molecular formula is C16H23NO4.